The average Bonchev–Trinajstić information content (AvgIpc) is 2.91. The molecule has 1 aliphatic rings. The van der Waals surface area contributed by atoms with Gasteiger partial charge in [0.2, 0.25) is 0 Å². The molecular formula is C18H15NO3. The lowest BCUT2D eigenvalue weighted by Crippen LogP contribution is -2.03. The number of aromatic nitrogens is 1. The van der Waals surface area contributed by atoms with Gasteiger partial charge in [-0.3, -0.25) is 0 Å². The Hall–Kier alpha value is -2.75. The molecule has 110 valence electrons. The molecular weight excluding hydrogens is 278 g/mol. The molecule has 0 saturated heterocycles. The number of fused-ring (bicyclic) bond motifs is 3. The summed E-state index contributed by atoms with van der Waals surface area (Å²) in [6, 6.07) is 10.6. The van der Waals surface area contributed by atoms with Crippen molar-refractivity contribution in [3.8, 4) is 34.1 Å². The predicted molar refractivity (Wildman–Crippen MR) is 82.8 cm³/mol. The number of aromatic hydroxyl groups is 2. The molecule has 0 saturated carbocycles. The van der Waals surface area contributed by atoms with Gasteiger partial charge in [0.05, 0.1) is 0 Å². The molecule has 4 rings (SSSR count). The Morgan fingerprint density at radius 1 is 0.955 bits per heavy atom. The first-order chi connectivity index (χ1) is 10.6. The number of phenols is 2. The number of phenolic OH excluding ortho intramolecular Hbond substituents is 2. The molecule has 0 bridgehead atoms. The standard InChI is InChI=1S/C18H15NO3/c1-10-8-12(20)3-6-14(10)18-16-5-2-11-9-13(21)4-7-15(11)17(16)19-22-18/h3-4,6-9,20-21H,2,5H2,1H3. The first-order valence-electron chi connectivity index (χ1n) is 7.24. The van der Waals surface area contributed by atoms with Crippen molar-refractivity contribution in [2.75, 3.05) is 0 Å². The summed E-state index contributed by atoms with van der Waals surface area (Å²) in [4.78, 5) is 0. The van der Waals surface area contributed by atoms with Gasteiger partial charge in [-0.2, -0.15) is 0 Å². The van der Waals surface area contributed by atoms with E-state index >= 15 is 0 Å². The van der Waals surface area contributed by atoms with Crippen LogP contribution in [-0.4, -0.2) is 15.4 Å². The maximum Gasteiger partial charge on any atom is 0.170 e. The highest BCUT2D eigenvalue weighted by molar-refractivity contribution is 5.78. The maximum absolute atomic E-state index is 9.61. The van der Waals surface area contributed by atoms with E-state index in [1.807, 2.05) is 19.1 Å². The van der Waals surface area contributed by atoms with Crippen LogP contribution < -0.4 is 0 Å². The quantitative estimate of drug-likeness (QED) is 0.715. The van der Waals surface area contributed by atoms with Crippen molar-refractivity contribution in [3.63, 3.8) is 0 Å². The molecule has 1 aromatic heterocycles. The Labute approximate surface area is 127 Å². The van der Waals surface area contributed by atoms with Crippen LogP contribution in [0.5, 0.6) is 11.5 Å². The lowest BCUT2D eigenvalue weighted by molar-refractivity contribution is 0.434. The van der Waals surface area contributed by atoms with Crippen LogP contribution in [0.2, 0.25) is 0 Å². The van der Waals surface area contributed by atoms with Crippen molar-refractivity contribution in [3.05, 3.63) is 53.1 Å². The topological polar surface area (TPSA) is 66.5 Å². The normalized spacial score (nSPS) is 12.8. The van der Waals surface area contributed by atoms with Gasteiger partial charge in [0.1, 0.15) is 17.2 Å². The highest BCUT2D eigenvalue weighted by atomic mass is 16.5. The van der Waals surface area contributed by atoms with E-state index in [-0.39, 0.29) is 11.5 Å². The number of benzene rings is 2. The summed E-state index contributed by atoms with van der Waals surface area (Å²) in [5, 5.41) is 23.4. The largest absolute Gasteiger partial charge is 0.508 e. The highest BCUT2D eigenvalue weighted by Gasteiger charge is 2.25. The van der Waals surface area contributed by atoms with Gasteiger partial charge in [-0.25, -0.2) is 0 Å². The van der Waals surface area contributed by atoms with Gasteiger partial charge in [0, 0.05) is 16.7 Å². The van der Waals surface area contributed by atoms with Gasteiger partial charge in [0.25, 0.3) is 0 Å². The molecule has 0 amide bonds. The van der Waals surface area contributed by atoms with E-state index in [1.165, 1.54) is 0 Å². The Morgan fingerprint density at radius 2 is 1.68 bits per heavy atom. The molecule has 22 heavy (non-hydrogen) atoms. The van der Waals surface area contributed by atoms with E-state index < -0.39 is 0 Å². The molecule has 4 heteroatoms. The minimum absolute atomic E-state index is 0.246. The third kappa shape index (κ3) is 1.88. The van der Waals surface area contributed by atoms with Crippen LogP contribution in [0.3, 0.4) is 0 Å². The molecule has 2 aromatic carbocycles. The second-order valence-corrected chi connectivity index (χ2v) is 5.68. The summed E-state index contributed by atoms with van der Waals surface area (Å²) in [7, 11) is 0. The maximum atomic E-state index is 9.61. The van der Waals surface area contributed by atoms with Gasteiger partial charge in [0.15, 0.2) is 5.76 Å². The Bertz CT molecular complexity index is 880. The summed E-state index contributed by atoms with van der Waals surface area (Å²) < 4.78 is 5.62. The number of hydrogen-bond acceptors (Lipinski definition) is 4. The molecule has 0 atom stereocenters. The second kappa shape index (κ2) is 4.63. The Balaban J connectivity index is 1.88. The van der Waals surface area contributed by atoms with Gasteiger partial charge >= 0.3 is 0 Å². The summed E-state index contributed by atoms with van der Waals surface area (Å²) in [6.45, 7) is 1.94. The molecule has 0 aliphatic heterocycles. The fourth-order valence-electron chi connectivity index (χ4n) is 3.14. The monoisotopic (exact) mass is 293 g/mol. The van der Waals surface area contributed by atoms with E-state index in [9.17, 15) is 10.2 Å². The first-order valence-corrected chi connectivity index (χ1v) is 7.24. The van der Waals surface area contributed by atoms with Crippen molar-refractivity contribution in [1.29, 1.82) is 0 Å². The summed E-state index contributed by atoms with van der Waals surface area (Å²) in [6.07, 6.45) is 1.67. The highest BCUT2D eigenvalue weighted by Crippen LogP contribution is 2.40. The Morgan fingerprint density at radius 3 is 2.45 bits per heavy atom. The third-order valence-electron chi connectivity index (χ3n) is 4.23. The fourth-order valence-corrected chi connectivity index (χ4v) is 3.14. The lowest BCUT2D eigenvalue weighted by atomic mass is 9.87. The van der Waals surface area contributed by atoms with Gasteiger partial charge in [-0.1, -0.05) is 5.16 Å². The summed E-state index contributed by atoms with van der Waals surface area (Å²) in [5.74, 6) is 1.29. The fraction of sp³-hybridized carbons (Fsp3) is 0.167. The molecule has 4 nitrogen and oxygen atoms in total. The van der Waals surface area contributed by atoms with Crippen LogP contribution in [0.25, 0.3) is 22.6 Å². The average molecular weight is 293 g/mol. The van der Waals surface area contributed by atoms with Crippen molar-refractivity contribution >= 4 is 0 Å². The van der Waals surface area contributed by atoms with Crippen LogP contribution >= 0.6 is 0 Å². The van der Waals surface area contributed by atoms with Gasteiger partial charge in [-0.05, 0) is 67.3 Å². The number of aryl methyl sites for hydroxylation is 2. The minimum Gasteiger partial charge on any atom is -0.508 e. The van der Waals surface area contributed by atoms with E-state index in [4.69, 9.17) is 4.52 Å². The SMILES string of the molecule is Cc1cc(O)ccc1-c1onc2c1CCc1cc(O)ccc1-2. The van der Waals surface area contributed by atoms with Crippen LogP contribution in [0.4, 0.5) is 0 Å². The van der Waals surface area contributed by atoms with Crippen molar-refractivity contribution < 1.29 is 14.7 Å². The lowest BCUT2D eigenvalue weighted by Gasteiger charge is -2.15. The number of nitrogens with zero attached hydrogens (tertiary/aromatic N) is 1. The van der Waals surface area contributed by atoms with Crippen LogP contribution in [0, 0.1) is 6.92 Å². The molecule has 0 spiro atoms. The van der Waals surface area contributed by atoms with E-state index in [2.05, 4.69) is 5.16 Å². The van der Waals surface area contributed by atoms with E-state index in [0.717, 1.165) is 52.1 Å². The van der Waals surface area contributed by atoms with Crippen molar-refractivity contribution in [1.82, 2.24) is 5.16 Å². The molecule has 0 radical (unpaired) electrons. The molecule has 2 N–H and O–H groups in total. The molecule has 1 heterocycles. The van der Waals surface area contributed by atoms with Crippen LogP contribution in [-0.2, 0) is 12.8 Å². The van der Waals surface area contributed by atoms with E-state index in [0.29, 0.717) is 0 Å². The van der Waals surface area contributed by atoms with Crippen molar-refractivity contribution in [2.45, 2.75) is 19.8 Å². The summed E-state index contributed by atoms with van der Waals surface area (Å²) in [5.41, 5.74) is 5.96. The minimum atomic E-state index is 0.246. The number of hydrogen-bond donors (Lipinski definition) is 2. The smallest absolute Gasteiger partial charge is 0.170 e. The molecule has 0 unspecified atom stereocenters. The van der Waals surface area contributed by atoms with Gasteiger partial charge in [-0.15, -0.1) is 0 Å². The number of rotatable bonds is 1. The van der Waals surface area contributed by atoms with Gasteiger partial charge < -0.3 is 14.7 Å². The molecule has 1 aliphatic carbocycles. The zero-order valence-electron chi connectivity index (χ0n) is 12.1. The predicted octanol–water partition coefficient (Wildman–Crippen LogP) is 3.83. The van der Waals surface area contributed by atoms with Crippen LogP contribution in [0.15, 0.2) is 40.9 Å². The zero-order chi connectivity index (χ0) is 15.3. The summed E-state index contributed by atoms with van der Waals surface area (Å²) >= 11 is 0. The molecule has 0 fully saturated rings. The third-order valence-corrected chi connectivity index (χ3v) is 4.23. The van der Waals surface area contributed by atoms with Crippen LogP contribution in [0.1, 0.15) is 16.7 Å². The second-order valence-electron chi connectivity index (χ2n) is 5.68. The molecule has 3 aromatic rings. The Kier molecular flexibility index (Phi) is 2.73. The zero-order valence-corrected chi connectivity index (χ0v) is 12.1. The first kappa shape index (κ1) is 13.0. The van der Waals surface area contributed by atoms with Crippen molar-refractivity contribution in [2.24, 2.45) is 0 Å². The van der Waals surface area contributed by atoms with E-state index in [1.54, 1.807) is 24.3 Å².